The molecule has 2 aromatic rings. The van der Waals surface area contributed by atoms with Crippen molar-refractivity contribution < 1.29 is 23.6 Å². The summed E-state index contributed by atoms with van der Waals surface area (Å²) in [5.74, 6) is -4.14. The summed E-state index contributed by atoms with van der Waals surface area (Å²) < 4.78 is 14.2. The molecule has 0 fully saturated rings. The van der Waals surface area contributed by atoms with E-state index < -0.39 is 55.7 Å². The van der Waals surface area contributed by atoms with Crippen LogP contribution in [0.4, 0.5) is 4.39 Å². The second kappa shape index (κ2) is 6.08. The number of fused-ring (bicyclic) bond motifs is 2. The van der Waals surface area contributed by atoms with Crippen molar-refractivity contribution in [1.29, 1.82) is 0 Å². The maximum absolute atomic E-state index is 14.2. The molecular weight excluding hydrogens is 394 g/mol. The van der Waals surface area contributed by atoms with E-state index in [1.165, 1.54) is 24.3 Å². The predicted octanol–water partition coefficient (Wildman–Crippen LogP) is 4.27. The molecule has 4 nitrogen and oxygen atoms in total. The van der Waals surface area contributed by atoms with E-state index in [2.05, 4.69) is 0 Å². The lowest BCUT2D eigenvalue weighted by Crippen LogP contribution is -2.28. The van der Waals surface area contributed by atoms with Crippen LogP contribution in [0.25, 0.3) is 0 Å². The quantitative estimate of drug-likeness (QED) is 0.716. The fraction of sp³-hybridized carbons (Fsp3) is 0. The van der Waals surface area contributed by atoms with Crippen LogP contribution in [0.5, 0.6) is 0 Å². The number of carbonyl (C=O) groups is 4. The minimum Gasteiger partial charge on any atom is -0.289 e. The SMILES string of the molecule is O=C1C(Cl)=C(C2=C(Cl)C(=O)c3cccc(F)c3C2=O)C(=O)c2ccccc21. The molecule has 2 aliphatic carbocycles. The molecule has 0 radical (unpaired) electrons. The molecule has 0 N–H and O–H groups in total. The van der Waals surface area contributed by atoms with Gasteiger partial charge in [-0.25, -0.2) is 4.39 Å². The number of rotatable bonds is 1. The molecule has 0 bridgehead atoms. The van der Waals surface area contributed by atoms with Crippen molar-refractivity contribution in [1.82, 2.24) is 0 Å². The number of benzene rings is 2. The molecule has 0 aliphatic heterocycles. The van der Waals surface area contributed by atoms with Crippen molar-refractivity contribution in [3.05, 3.63) is 91.7 Å². The van der Waals surface area contributed by atoms with Gasteiger partial charge >= 0.3 is 0 Å². The fourth-order valence-corrected chi connectivity index (χ4v) is 3.76. The molecule has 2 aliphatic rings. The summed E-state index contributed by atoms with van der Waals surface area (Å²) in [5, 5.41) is -1.11. The Morgan fingerprint density at radius 1 is 0.593 bits per heavy atom. The first-order valence-electron chi connectivity index (χ1n) is 7.70. The monoisotopic (exact) mass is 400 g/mol. The first-order chi connectivity index (χ1) is 12.8. The zero-order valence-electron chi connectivity index (χ0n) is 13.3. The fourth-order valence-electron chi connectivity index (χ4n) is 3.19. The average Bonchev–Trinajstić information content (AvgIpc) is 2.67. The van der Waals surface area contributed by atoms with Crippen LogP contribution >= 0.6 is 23.2 Å². The van der Waals surface area contributed by atoms with Crippen molar-refractivity contribution in [2.24, 2.45) is 0 Å². The van der Waals surface area contributed by atoms with Crippen molar-refractivity contribution >= 4 is 46.3 Å². The highest BCUT2D eigenvalue weighted by Crippen LogP contribution is 2.39. The van der Waals surface area contributed by atoms with E-state index in [0.29, 0.717) is 0 Å². The largest absolute Gasteiger partial charge is 0.289 e. The minimum absolute atomic E-state index is 0.0263. The Hall–Kier alpha value is -2.89. The maximum atomic E-state index is 14.2. The normalized spacial score (nSPS) is 16.7. The van der Waals surface area contributed by atoms with Gasteiger partial charge < -0.3 is 0 Å². The molecule has 0 amide bonds. The Balaban J connectivity index is 2.00. The number of carbonyl (C=O) groups excluding carboxylic acids is 4. The van der Waals surface area contributed by atoms with Gasteiger partial charge in [-0.2, -0.15) is 0 Å². The molecule has 0 heterocycles. The first-order valence-corrected chi connectivity index (χ1v) is 8.46. The Morgan fingerprint density at radius 2 is 1.07 bits per heavy atom. The van der Waals surface area contributed by atoms with Gasteiger partial charge in [0.25, 0.3) is 0 Å². The van der Waals surface area contributed by atoms with Gasteiger partial charge in [0.05, 0.1) is 16.7 Å². The van der Waals surface area contributed by atoms with Crippen LogP contribution in [-0.2, 0) is 0 Å². The van der Waals surface area contributed by atoms with E-state index in [1.54, 1.807) is 12.1 Å². The first kappa shape index (κ1) is 17.5. The molecular formula is C20H7Cl2FO4. The zero-order chi connectivity index (χ0) is 19.5. The van der Waals surface area contributed by atoms with E-state index in [1.807, 2.05) is 0 Å². The van der Waals surface area contributed by atoms with Crippen LogP contribution in [0.2, 0.25) is 0 Å². The van der Waals surface area contributed by atoms with E-state index in [9.17, 15) is 23.6 Å². The smallest absolute Gasteiger partial charge is 0.205 e. The third kappa shape index (κ3) is 2.36. The van der Waals surface area contributed by atoms with Gasteiger partial charge in [0, 0.05) is 16.7 Å². The maximum Gasteiger partial charge on any atom is 0.205 e. The number of hydrogen-bond acceptors (Lipinski definition) is 4. The number of Topliss-reactive ketones (excluding diaryl/α,β-unsaturated/α-hetero) is 4. The molecule has 0 atom stereocenters. The lowest BCUT2D eigenvalue weighted by molar-refractivity contribution is 0.0957. The summed E-state index contributed by atoms with van der Waals surface area (Å²) in [6, 6.07) is 9.47. The van der Waals surface area contributed by atoms with Crippen LogP contribution in [0.15, 0.2) is 63.7 Å². The number of hydrogen-bond donors (Lipinski definition) is 0. The summed E-state index contributed by atoms with van der Waals surface area (Å²) in [7, 11) is 0. The van der Waals surface area contributed by atoms with E-state index in [-0.39, 0.29) is 16.7 Å². The van der Waals surface area contributed by atoms with Crippen LogP contribution in [0.1, 0.15) is 41.4 Å². The minimum atomic E-state index is -0.971. The molecule has 27 heavy (non-hydrogen) atoms. The van der Waals surface area contributed by atoms with Gasteiger partial charge in [0.15, 0.2) is 11.6 Å². The summed E-state index contributed by atoms with van der Waals surface area (Å²) in [5.41, 5.74) is -1.65. The van der Waals surface area contributed by atoms with Crippen molar-refractivity contribution in [2.75, 3.05) is 0 Å². The Labute approximate surface area is 161 Å². The molecule has 132 valence electrons. The molecule has 0 saturated carbocycles. The molecule has 2 aromatic carbocycles. The second-order valence-electron chi connectivity index (χ2n) is 5.90. The summed E-state index contributed by atoms with van der Waals surface area (Å²) in [6.07, 6.45) is 0. The van der Waals surface area contributed by atoms with Gasteiger partial charge in [-0.3, -0.25) is 19.2 Å². The van der Waals surface area contributed by atoms with Crippen molar-refractivity contribution in [2.45, 2.75) is 0 Å². The van der Waals surface area contributed by atoms with E-state index in [0.717, 1.165) is 6.07 Å². The molecule has 7 heteroatoms. The third-order valence-electron chi connectivity index (χ3n) is 4.44. The Morgan fingerprint density at radius 3 is 1.70 bits per heavy atom. The van der Waals surface area contributed by atoms with Crippen LogP contribution < -0.4 is 0 Å². The predicted molar refractivity (Wildman–Crippen MR) is 95.9 cm³/mol. The highest BCUT2D eigenvalue weighted by Gasteiger charge is 2.41. The Bertz CT molecular complexity index is 1170. The van der Waals surface area contributed by atoms with Gasteiger partial charge in [0.2, 0.25) is 11.6 Å². The molecule has 0 unspecified atom stereocenters. The number of ketones is 4. The molecule has 0 aromatic heterocycles. The molecule has 0 spiro atoms. The van der Waals surface area contributed by atoms with Crippen molar-refractivity contribution in [3.8, 4) is 0 Å². The lowest BCUT2D eigenvalue weighted by Gasteiger charge is -2.23. The topological polar surface area (TPSA) is 68.3 Å². The van der Waals surface area contributed by atoms with Crippen LogP contribution in [0.3, 0.4) is 0 Å². The van der Waals surface area contributed by atoms with Gasteiger partial charge in [-0.15, -0.1) is 0 Å². The number of halogens is 3. The average molecular weight is 401 g/mol. The van der Waals surface area contributed by atoms with Gasteiger partial charge in [0.1, 0.15) is 15.9 Å². The van der Waals surface area contributed by atoms with E-state index >= 15 is 0 Å². The van der Waals surface area contributed by atoms with Crippen LogP contribution in [-0.4, -0.2) is 23.1 Å². The van der Waals surface area contributed by atoms with E-state index in [4.69, 9.17) is 23.2 Å². The summed E-state index contributed by atoms with van der Waals surface area (Å²) >= 11 is 12.2. The molecule has 4 rings (SSSR count). The standard InChI is InChI=1S/C20H7Cl2FO4/c21-15-13(17(24)8-4-1-2-5-9(8)18(15)25)14-16(22)19(26)10-6-3-7-11(23)12(10)20(14)27/h1-7H. The third-order valence-corrected chi connectivity index (χ3v) is 5.16. The summed E-state index contributed by atoms with van der Waals surface area (Å²) in [4.78, 5) is 50.9. The molecule has 0 saturated heterocycles. The lowest BCUT2D eigenvalue weighted by atomic mass is 9.79. The highest BCUT2D eigenvalue weighted by atomic mass is 35.5. The number of allylic oxidation sites excluding steroid dienone is 4. The summed E-state index contributed by atoms with van der Waals surface area (Å²) in [6.45, 7) is 0. The van der Waals surface area contributed by atoms with Crippen LogP contribution in [0, 0.1) is 5.82 Å². The van der Waals surface area contributed by atoms with Crippen molar-refractivity contribution in [3.63, 3.8) is 0 Å². The van der Waals surface area contributed by atoms with Gasteiger partial charge in [-0.05, 0) is 6.07 Å². The van der Waals surface area contributed by atoms with Gasteiger partial charge in [-0.1, -0.05) is 59.6 Å². The Kier molecular flexibility index (Phi) is 3.94. The second-order valence-corrected chi connectivity index (χ2v) is 6.66. The highest BCUT2D eigenvalue weighted by molar-refractivity contribution is 6.55. The zero-order valence-corrected chi connectivity index (χ0v) is 14.8.